The molecule has 0 atom stereocenters. The lowest BCUT2D eigenvalue weighted by Gasteiger charge is -2.26. The van der Waals surface area contributed by atoms with Crippen LogP contribution in [0.1, 0.15) is 15.4 Å². The molecular formula is C26H22N6O2S. The van der Waals surface area contributed by atoms with Gasteiger partial charge in [-0.25, -0.2) is 14.8 Å². The first-order valence-electron chi connectivity index (χ1n) is 11.4. The van der Waals surface area contributed by atoms with Crippen molar-refractivity contribution in [2.45, 2.75) is 6.92 Å². The van der Waals surface area contributed by atoms with Crippen molar-refractivity contribution < 1.29 is 9.53 Å². The number of carbonyl (C=O) groups is 1. The van der Waals surface area contributed by atoms with Crippen molar-refractivity contribution in [3.05, 3.63) is 71.8 Å². The van der Waals surface area contributed by atoms with Gasteiger partial charge in [0.2, 0.25) is 0 Å². The molecule has 1 aliphatic rings. The van der Waals surface area contributed by atoms with Gasteiger partial charge in [-0.15, -0.1) is 11.3 Å². The third-order valence-corrected chi connectivity index (χ3v) is 7.03. The number of aryl methyl sites for hydroxylation is 1. The fourth-order valence-electron chi connectivity index (χ4n) is 4.02. The molecule has 0 aliphatic carbocycles. The molecule has 1 saturated heterocycles. The van der Waals surface area contributed by atoms with E-state index in [2.05, 4.69) is 36.3 Å². The quantitative estimate of drug-likeness (QED) is 0.343. The predicted molar refractivity (Wildman–Crippen MR) is 135 cm³/mol. The summed E-state index contributed by atoms with van der Waals surface area (Å²) in [7, 11) is 0. The highest BCUT2D eigenvalue weighted by Gasteiger charge is 2.20. The van der Waals surface area contributed by atoms with Crippen LogP contribution >= 0.6 is 11.3 Å². The van der Waals surface area contributed by atoms with Crippen LogP contribution in [-0.2, 0) is 4.74 Å². The number of imidazole rings is 1. The molecule has 35 heavy (non-hydrogen) atoms. The minimum atomic E-state index is -0.326. The van der Waals surface area contributed by atoms with Gasteiger partial charge in [-0.3, -0.25) is 9.97 Å². The first kappa shape index (κ1) is 21.6. The molecule has 0 saturated carbocycles. The summed E-state index contributed by atoms with van der Waals surface area (Å²) < 4.78 is 5.42. The maximum atomic E-state index is 12.4. The second-order valence-corrected chi connectivity index (χ2v) is 9.60. The zero-order chi connectivity index (χ0) is 23.8. The third kappa shape index (κ3) is 4.31. The Labute approximate surface area is 205 Å². The van der Waals surface area contributed by atoms with Crippen LogP contribution in [0.2, 0.25) is 0 Å². The smallest absolute Gasteiger partial charge is 0.349 e. The van der Waals surface area contributed by atoms with Crippen LogP contribution in [0.5, 0.6) is 0 Å². The van der Waals surface area contributed by atoms with E-state index in [1.54, 1.807) is 18.7 Å². The number of aromatic nitrogens is 5. The number of hydrogen-bond acceptors (Lipinski definition) is 8. The van der Waals surface area contributed by atoms with E-state index >= 15 is 0 Å². The Bertz CT molecular complexity index is 1540. The number of thiazole rings is 1. The second-order valence-electron chi connectivity index (χ2n) is 8.57. The lowest BCUT2D eigenvalue weighted by molar-refractivity contribution is 0.0403. The largest absolute Gasteiger partial charge is 0.461 e. The highest BCUT2D eigenvalue weighted by Crippen LogP contribution is 2.32. The van der Waals surface area contributed by atoms with Gasteiger partial charge in [0.05, 0.1) is 41.7 Å². The summed E-state index contributed by atoms with van der Waals surface area (Å²) in [5.74, 6) is 0.0782. The lowest BCUT2D eigenvalue weighted by Crippen LogP contribution is -2.44. The molecule has 5 heterocycles. The molecule has 2 N–H and O–H groups in total. The van der Waals surface area contributed by atoms with Crippen molar-refractivity contribution in [1.29, 1.82) is 0 Å². The van der Waals surface area contributed by atoms with E-state index in [1.165, 1.54) is 11.3 Å². The fraction of sp³-hybridized carbons (Fsp3) is 0.192. The van der Waals surface area contributed by atoms with Gasteiger partial charge in [-0.05, 0) is 37.3 Å². The van der Waals surface area contributed by atoms with Crippen molar-refractivity contribution in [3.63, 3.8) is 0 Å². The van der Waals surface area contributed by atoms with Gasteiger partial charge in [0.1, 0.15) is 9.88 Å². The predicted octanol–water partition coefficient (Wildman–Crippen LogP) is 4.50. The zero-order valence-corrected chi connectivity index (χ0v) is 19.8. The molecule has 8 nitrogen and oxygen atoms in total. The molecule has 0 amide bonds. The molecule has 9 heteroatoms. The lowest BCUT2D eigenvalue weighted by atomic mass is 10.0. The number of H-pyrrole nitrogens is 1. The summed E-state index contributed by atoms with van der Waals surface area (Å²) in [4.78, 5) is 34.4. The average molecular weight is 483 g/mol. The number of carbonyl (C=O) groups excluding carboxylic acids is 1. The van der Waals surface area contributed by atoms with Crippen LogP contribution in [0.15, 0.2) is 61.2 Å². The molecule has 0 spiro atoms. The van der Waals surface area contributed by atoms with Crippen molar-refractivity contribution in [2.75, 3.05) is 19.7 Å². The normalized spacial score (nSPS) is 13.6. The van der Waals surface area contributed by atoms with Crippen LogP contribution in [-0.4, -0.2) is 50.6 Å². The molecule has 1 aromatic carbocycles. The van der Waals surface area contributed by atoms with Crippen molar-refractivity contribution in [3.8, 4) is 33.2 Å². The maximum absolute atomic E-state index is 12.4. The second kappa shape index (κ2) is 9.01. The van der Waals surface area contributed by atoms with Crippen LogP contribution in [0.25, 0.3) is 44.1 Å². The maximum Gasteiger partial charge on any atom is 0.349 e. The Kier molecular flexibility index (Phi) is 5.55. The van der Waals surface area contributed by atoms with E-state index in [1.807, 2.05) is 43.3 Å². The van der Waals surface area contributed by atoms with Crippen LogP contribution < -0.4 is 5.32 Å². The van der Waals surface area contributed by atoms with E-state index in [4.69, 9.17) is 4.74 Å². The Balaban J connectivity index is 1.29. The van der Waals surface area contributed by atoms with Crippen LogP contribution in [0.3, 0.4) is 0 Å². The topological polar surface area (TPSA) is 106 Å². The van der Waals surface area contributed by atoms with Crippen LogP contribution in [0.4, 0.5) is 0 Å². The van der Waals surface area contributed by atoms with E-state index in [-0.39, 0.29) is 5.97 Å². The SMILES string of the molecule is Cc1cccc(-c2[nH]cnc2-c2ccc3ncc(-c4ncc(C(=O)OCC5CNC5)s4)cc3c2)n1. The molecule has 0 bridgehead atoms. The molecule has 0 unspecified atom stereocenters. The van der Waals surface area contributed by atoms with Crippen molar-refractivity contribution in [2.24, 2.45) is 5.92 Å². The average Bonchev–Trinajstić information content (AvgIpc) is 3.53. The number of pyridine rings is 2. The van der Waals surface area contributed by atoms with E-state index < -0.39 is 0 Å². The summed E-state index contributed by atoms with van der Waals surface area (Å²) in [6.07, 6.45) is 5.05. The van der Waals surface area contributed by atoms with Gasteiger partial charge in [-0.2, -0.15) is 0 Å². The number of aromatic amines is 1. The van der Waals surface area contributed by atoms with Crippen molar-refractivity contribution >= 4 is 28.2 Å². The van der Waals surface area contributed by atoms with Gasteiger partial charge in [0.25, 0.3) is 0 Å². The molecule has 6 rings (SSSR count). The van der Waals surface area contributed by atoms with Gasteiger partial charge < -0.3 is 15.0 Å². The Morgan fingerprint density at radius 2 is 1.97 bits per heavy atom. The highest BCUT2D eigenvalue weighted by molar-refractivity contribution is 7.16. The summed E-state index contributed by atoms with van der Waals surface area (Å²) in [5.41, 5.74) is 6.18. The number of benzene rings is 1. The number of hydrogen-bond donors (Lipinski definition) is 2. The van der Waals surface area contributed by atoms with Gasteiger partial charge >= 0.3 is 5.97 Å². The van der Waals surface area contributed by atoms with E-state index in [0.29, 0.717) is 17.4 Å². The molecule has 1 aliphatic heterocycles. The molecule has 4 aromatic heterocycles. The number of ether oxygens (including phenoxy) is 1. The monoisotopic (exact) mass is 482 g/mol. The minimum Gasteiger partial charge on any atom is -0.461 e. The standard InChI is InChI=1S/C26H22N6O2S/c1-15-3-2-4-21(32-15)24-23(30-14-31-24)17-5-6-20-18(7-17)8-19(11-28-20)25-29-12-22(35-25)26(33)34-13-16-9-27-10-16/h2-8,11-12,14,16,27H,9-10,13H2,1H3,(H,30,31). The summed E-state index contributed by atoms with van der Waals surface area (Å²) >= 11 is 1.32. The zero-order valence-electron chi connectivity index (χ0n) is 19.0. The van der Waals surface area contributed by atoms with E-state index in [0.717, 1.165) is 62.9 Å². The summed E-state index contributed by atoms with van der Waals surface area (Å²) in [6.45, 7) is 4.20. The first-order chi connectivity index (χ1) is 17.1. The number of rotatable bonds is 6. The number of esters is 1. The first-order valence-corrected chi connectivity index (χ1v) is 12.2. The van der Waals surface area contributed by atoms with Gasteiger partial charge in [0, 0.05) is 47.4 Å². The Hall–Kier alpha value is -3.95. The van der Waals surface area contributed by atoms with Crippen LogP contribution in [0, 0.1) is 12.8 Å². The highest BCUT2D eigenvalue weighted by atomic mass is 32.1. The molecule has 0 radical (unpaired) electrons. The van der Waals surface area contributed by atoms with Gasteiger partial charge in [-0.1, -0.05) is 12.1 Å². The minimum absolute atomic E-state index is 0.326. The third-order valence-electron chi connectivity index (χ3n) is 6.01. The van der Waals surface area contributed by atoms with E-state index in [9.17, 15) is 4.79 Å². The Morgan fingerprint density at radius 1 is 1.09 bits per heavy atom. The summed E-state index contributed by atoms with van der Waals surface area (Å²) in [5, 5.41) is 4.86. The van der Waals surface area contributed by atoms with Gasteiger partial charge in [0.15, 0.2) is 0 Å². The van der Waals surface area contributed by atoms with Crippen molar-refractivity contribution in [1.82, 2.24) is 30.2 Å². The molecule has 5 aromatic rings. The number of fused-ring (bicyclic) bond motifs is 1. The fourth-order valence-corrected chi connectivity index (χ4v) is 4.81. The Morgan fingerprint density at radius 3 is 2.80 bits per heavy atom. The number of nitrogens with one attached hydrogen (secondary N) is 2. The molecule has 174 valence electrons. The molecular weight excluding hydrogens is 460 g/mol. The number of nitrogens with zero attached hydrogens (tertiary/aromatic N) is 4. The summed E-state index contributed by atoms with van der Waals surface area (Å²) in [6, 6.07) is 14.0. The molecule has 1 fully saturated rings.